The van der Waals surface area contributed by atoms with E-state index in [2.05, 4.69) is 4.72 Å². The van der Waals surface area contributed by atoms with Crippen LogP contribution in [-0.4, -0.2) is 27.8 Å². The Morgan fingerprint density at radius 3 is 2.57 bits per heavy atom. The maximum absolute atomic E-state index is 11.3. The number of non-ortho nitro benzene ring substituents is 1. The standard InChI is InChI=1S/C12H14N2O6S/c1-8(11(15)16)7-21-13-12(17)20-6-9-2-4-10(5-3-9)14(18)19/h2-5,8H,6-7H2,1H3,(H,13,17)(H,15,16). The highest BCUT2D eigenvalue weighted by Gasteiger charge is 2.12. The number of nitrogens with one attached hydrogen (secondary N) is 1. The van der Waals surface area contributed by atoms with Gasteiger partial charge in [0.15, 0.2) is 0 Å². The third-order valence-corrected chi connectivity index (χ3v) is 3.41. The molecule has 1 aromatic rings. The summed E-state index contributed by atoms with van der Waals surface area (Å²) in [6.45, 7) is 1.50. The number of amides is 1. The second kappa shape index (κ2) is 8.10. The highest BCUT2D eigenvalue weighted by Crippen LogP contribution is 2.12. The molecule has 0 spiro atoms. The smallest absolute Gasteiger partial charge is 0.417 e. The van der Waals surface area contributed by atoms with Gasteiger partial charge in [0.25, 0.3) is 5.69 Å². The van der Waals surface area contributed by atoms with E-state index < -0.39 is 22.9 Å². The average molecular weight is 314 g/mol. The number of carboxylic acid groups (broad SMARTS) is 1. The Labute approximate surface area is 124 Å². The summed E-state index contributed by atoms with van der Waals surface area (Å²) in [4.78, 5) is 31.8. The summed E-state index contributed by atoms with van der Waals surface area (Å²) in [6, 6.07) is 5.62. The van der Waals surface area contributed by atoms with Crippen molar-refractivity contribution in [3.05, 3.63) is 39.9 Å². The lowest BCUT2D eigenvalue weighted by molar-refractivity contribution is -0.384. The molecule has 1 rings (SSSR count). The van der Waals surface area contributed by atoms with Crippen LogP contribution in [0, 0.1) is 16.0 Å². The second-order valence-electron chi connectivity index (χ2n) is 4.15. The Kier molecular flexibility index (Phi) is 6.47. The largest absolute Gasteiger partial charge is 0.481 e. The van der Waals surface area contributed by atoms with Gasteiger partial charge in [-0.2, -0.15) is 0 Å². The quantitative estimate of drug-likeness (QED) is 0.450. The fourth-order valence-electron chi connectivity index (χ4n) is 1.19. The summed E-state index contributed by atoms with van der Waals surface area (Å²) in [5.74, 6) is -1.30. The molecule has 0 saturated heterocycles. The van der Waals surface area contributed by atoms with Crippen LogP contribution in [0.1, 0.15) is 12.5 Å². The molecular weight excluding hydrogens is 300 g/mol. The first-order valence-corrected chi connectivity index (χ1v) is 6.89. The molecule has 0 heterocycles. The van der Waals surface area contributed by atoms with E-state index in [9.17, 15) is 19.7 Å². The van der Waals surface area contributed by atoms with Gasteiger partial charge in [-0.15, -0.1) is 0 Å². The van der Waals surface area contributed by atoms with E-state index in [1.54, 1.807) is 0 Å². The van der Waals surface area contributed by atoms with Crippen LogP contribution in [0.3, 0.4) is 0 Å². The van der Waals surface area contributed by atoms with Crippen LogP contribution in [0.5, 0.6) is 0 Å². The first kappa shape index (κ1) is 16.8. The van der Waals surface area contributed by atoms with Gasteiger partial charge in [-0.05, 0) is 29.6 Å². The summed E-state index contributed by atoms with van der Waals surface area (Å²) in [5, 5.41) is 19.1. The lowest BCUT2D eigenvalue weighted by Crippen LogP contribution is -2.21. The van der Waals surface area contributed by atoms with E-state index >= 15 is 0 Å². The van der Waals surface area contributed by atoms with Gasteiger partial charge in [0.1, 0.15) is 6.61 Å². The number of ether oxygens (including phenoxy) is 1. The molecule has 114 valence electrons. The Balaban J connectivity index is 2.29. The molecule has 1 amide bonds. The molecule has 1 aromatic carbocycles. The summed E-state index contributed by atoms with van der Waals surface area (Å²) < 4.78 is 7.23. The van der Waals surface area contributed by atoms with Gasteiger partial charge < -0.3 is 9.84 Å². The summed E-state index contributed by atoms with van der Waals surface area (Å²) in [5.41, 5.74) is 0.570. The number of carbonyl (C=O) groups excluding carboxylic acids is 1. The van der Waals surface area contributed by atoms with E-state index in [1.165, 1.54) is 31.2 Å². The van der Waals surface area contributed by atoms with Crippen LogP contribution in [0.25, 0.3) is 0 Å². The Morgan fingerprint density at radius 1 is 1.43 bits per heavy atom. The lowest BCUT2D eigenvalue weighted by atomic mass is 10.2. The van der Waals surface area contributed by atoms with Crippen LogP contribution in [0.2, 0.25) is 0 Å². The highest BCUT2D eigenvalue weighted by molar-refractivity contribution is 7.97. The van der Waals surface area contributed by atoms with Gasteiger partial charge in [-0.1, -0.05) is 6.92 Å². The number of rotatable bonds is 7. The van der Waals surface area contributed by atoms with Crippen LogP contribution in [0.4, 0.5) is 10.5 Å². The van der Waals surface area contributed by atoms with Gasteiger partial charge in [0.2, 0.25) is 0 Å². The molecular formula is C12H14N2O6S. The van der Waals surface area contributed by atoms with E-state index in [0.717, 1.165) is 11.9 Å². The van der Waals surface area contributed by atoms with E-state index in [0.29, 0.717) is 5.56 Å². The molecule has 0 aliphatic carbocycles. The molecule has 0 aliphatic heterocycles. The van der Waals surface area contributed by atoms with Crippen molar-refractivity contribution in [3.8, 4) is 0 Å². The average Bonchev–Trinajstić information content (AvgIpc) is 2.45. The van der Waals surface area contributed by atoms with Crippen molar-refractivity contribution < 1.29 is 24.4 Å². The molecule has 1 atom stereocenters. The van der Waals surface area contributed by atoms with Crippen LogP contribution >= 0.6 is 11.9 Å². The van der Waals surface area contributed by atoms with Crippen molar-refractivity contribution in [1.29, 1.82) is 0 Å². The number of hydrogen-bond donors (Lipinski definition) is 2. The van der Waals surface area contributed by atoms with Gasteiger partial charge in [-0.3, -0.25) is 19.6 Å². The number of nitrogens with zero attached hydrogens (tertiary/aromatic N) is 1. The fourth-order valence-corrected chi connectivity index (χ4v) is 1.84. The summed E-state index contributed by atoms with van der Waals surface area (Å²) in [6.07, 6.45) is -0.698. The van der Waals surface area contributed by atoms with Gasteiger partial charge >= 0.3 is 12.1 Å². The maximum atomic E-state index is 11.3. The van der Waals surface area contributed by atoms with Gasteiger partial charge in [0, 0.05) is 17.9 Å². The fraction of sp³-hybridized carbons (Fsp3) is 0.333. The maximum Gasteiger partial charge on any atom is 0.417 e. The number of nitro groups is 1. The molecule has 8 nitrogen and oxygen atoms in total. The van der Waals surface area contributed by atoms with Gasteiger partial charge in [0.05, 0.1) is 10.8 Å². The zero-order chi connectivity index (χ0) is 15.8. The molecule has 21 heavy (non-hydrogen) atoms. The van der Waals surface area contributed by atoms with E-state index in [1.807, 2.05) is 0 Å². The molecule has 1 unspecified atom stereocenters. The SMILES string of the molecule is CC(CSNC(=O)OCc1ccc([N+](=O)[O-])cc1)C(=O)O. The van der Waals surface area contributed by atoms with E-state index in [-0.39, 0.29) is 18.0 Å². The third-order valence-electron chi connectivity index (χ3n) is 2.43. The number of carboxylic acids is 1. The van der Waals surface area contributed by atoms with Crippen molar-refractivity contribution in [2.24, 2.45) is 5.92 Å². The van der Waals surface area contributed by atoms with Crippen molar-refractivity contribution >= 4 is 29.7 Å². The first-order chi connectivity index (χ1) is 9.90. The first-order valence-electron chi connectivity index (χ1n) is 5.91. The number of benzene rings is 1. The van der Waals surface area contributed by atoms with Crippen molar-refractivity contribution in [2.75, 3.05) is 5.75 Å². The number of aliphatic carboxylic acids is 1. The van der Waals surface area contributed by atoms with E-state index in [4.69, 9.17) is 9.84 Å². The predicted octanol–water partition coefficient (Wildman–Crippen LogP) is 2.19. The zero-order valence-corrected chi connectivity index (χ0v) is 12.0. The summed E-state index contributed by atoms with van der Waals surface area (Å²) >= 11 is 0.945. The molecule has 9 heteroatoms. The molecule has 0 bridgehead atoms. The minimum atomic E-state index is -0.941. The minimum Gasteiger partial charge on any atom is -0.481 e. The molecule has 0 aliphatic rings. The molecule has 0 radical (unpaired) electrons. The number of carbonyl (C=O) groups is 2. The monoisotopic (exact) mass is 314 g/mol. The Bertz CT molecular complexity index is 519. The second-order valence-corrected chi connectivity index (χ2v) is 4.98. The molecule has 0 saturated carbocycles. The Morgan fingerprint density at radius 2 is 2.05 bits per heavy atom. The lowest BCUT2D eigenvalue weighted by Gasteiger charge is -2.08. The minimum absolute atomic E-state index is 0.0289. The van der Waals surface area contributed by atoms with Gasteiger partial charge in [-0.25, -0.2) is 4.79 Å². The highest BCUT2D eigenvalue weighted by atomic mass is 32.2. The molecule has 0 aromatic heterocycles. The molecule has 0 fully saturated rings. The number of hydrogen-bond acceptors (Lipinski definition) is 6. The van der Waals surface area contributed by atoms with Crippen LogP contribution in [0.15, 0.2) is 24.3 Å². The van der Waals surface area contributed by atoms with Crippen LogP contribution in [-0.2, 0) is 16.1 Å². The molecule has 2 N–H and O–H groups in total. The summed E-state index contributed by atoms with van der Waals surface area (Å²) in [7, 11) is 0. The van der Waals surface area contributed by atoms with Crippen LogP contribution < -0.4 is 4.72 Å². The third kappa shape index (κ3) is 6.13. The predicted molar refractivity (Wildman–Crippen MR) is 75.7 cm³/mol. The van der Waals surface area contributed by atoms with Crippen molar-refractivity contribution in [2.45, 2.75) is 13.5 Å². The zero-order valence-electron chi connectivity index (χ0n) is 11.1. The van der Waals surface area contributed by atoms with Crippen molar-refractivity contribution in [3.63, 3.8) is 0 Å². The Hall–Kier alpha value is -2.29. The topological polar surface area (TPSA) is 119 Å². The van der Waals surface area contributed by atoms with Crippen molar-refractivity contribution in [1.82, 2.24) is 4.72 Å². The normalized spacial score (nSPS) is 11.5. The number of nitro benzene ring substituents is 1.